The molecule has 24 heavy (non-hydrogen) atoms. The number of hydrogen-bond acceptors (Lipinski definition) is 5. The topological polar surface area (TPSA) is 41.5 Å². The summed E-state index contributed by atoms with van der Waals surface area (Å²) in [6, 6.07) is 10.7. The van der Waals surface area contributed by atoms with Gasteiger partial charge in [-0.1, -0.05) is 12.1 Å². The Hall–Kier alpha value is -2.14. The van der Waals surface area contributed by atoms with Crippen molar-refractivity contribution in [3.8, 4) is 5.75 Å². The Balaban J connectivity index is 1.53. The van der Waals surface area contributed by atoms with Gasteiger partial charge in [0.05, 0.1) is 7.11 Å². The molecule has 1 aliphatic rings. The molecule has 5 nitrogen and oxygen atoms in total. The van der Waals surface area contributed by atoms with Crippen LogP contribution in [0.4, 0.5) is 5.95 Å². The molecule has 0 saturated carbocycles. The van der Waals surface area contributed by atoms with E-state index in [-0.39, 0.29) is 0 Å². The summed E-state index contributed by atoms with van der Waals surface area (Å²) < 4.78 is 5.22. The molecular formula is C19H26N4O. The molecule has 2 heterocycles. The minimum atomic E-state index is 0.483. The monoisotopic (exact) mass is 326 g/mol. The van der Waals surface area contributed by atoms with E-state index < -0.39 is 0 Å². The van der Waals surface area contributed by atoms with Gasteiger partial charge in [-0.2, -0.15) is 0 Å². The fourth-order valence-corrected chi connectivity index (χ4v) is 3.27. The van der Waals surface area contributed by atoms with Crippen LogP contribution in [0.5, 0.6) is 5.75 Å². The highest BCUT2D eigenvalue weighted by Gasteiger charge is 2.24. The average Bonchev–Trinajstić information content (AvgIpc) is 2.67. The summed E-state index contributed by atoms with van der Waals surface area (Å²) in [6.07, 6.45) is 7.12. The van der Waals surface area contributed by atoms with Gasteiger partial charge in [0, 0.05) is 38.6 Å². The summed E-state index contributed by atoms with van der Waals surface area (Å²) in [5.41, 5.74) is 1.36. The number of piperidine rings is 1. The number of aromatic nitrogens is 2. The average molecular weight is 326 g/mol. The lowest BCUT2D eigenvalue weighted by Crippen LogP contribution is -2.47. The molecule has 3 rings (SSSR count). The number of anilines is 1. The zero-order valence-electron chi connectivity index (χ0n) is 14.6. The van der Waals surface area contributed by atoms with Crippen LogP contribution >= 0.6 is 0 Å². The van der Waals surface area contributed by atoms with Crippen LogP contribution in [0.1, 0.15) is 18.4 Å². The van der Waals surface area contributed by atoms with Gasteiger partial charge in [0.1, 0.15) is 5.75 Å². The van der Waals surface area contributed by atoms with Gasteiger partial charge < -0.3 is 14.5 Å². The zero-order valence-corrected chi connectivity index (χ0v) is 14.6. The van der Waals surface area contributed by atoms with Gasteiger partial charge in [-0.25, -0.2) is 9.97 Å². The van der Waals surface area contributed by atoms with Gasteiger partial charge in [0.15, 0.2) is 0 Å². The fraction of sp³-hybridized carbons (Fsp3) is 0.474. The molecule has 1 unspecified atom stereocenters. The molecule has 128 valence electrons. The predicted octanol–water partition coefficient (Wildman–Crippen LogP) is 2.63. The van der Waals surface area contributed by atoms with Crippen molar-refractivity contribution in [1.82, 2.24) is 14.9 Å². The van der Waals surface area contributed by atoms with Crippen molar-refractivity contribution < 1.29 is 4.74 Å². The first-order valence-electron chi connectivity index (χ1n) is 8.61. The van der Waals surface area contributed by atoms with Crippen molar-refractivity contribution in [3.63, 3.8) is 0 Å². The SMILES string of the molecule is COc1ccc(CCN2CCCC(N(C)c3ncccn3)C2)cc1. The summed E-state index contributed by atoms with van der Waals surface area (Å²) in [4.78, 5) is 13.5. The Morgan fingerprint density at radius 2 is 1.96 bits per heavy atom. The molecule has 0 radical (unpaired) electrons. The maximum Gasteiger partial charge on any atom is 0.225 e. The van der Waals surface area contributed by atoms with Crippen LogP contribution in [-0.2, 0) is 6.42 Å². The molecule has 2 aromatic rings. The normalized spacial score (nSPS) is 18.3. The van der Waals surface area contributed by atoms with E-state index in [1.807, 2.05) is 30.6 Å². The van der Waals surface area contributed by atoms with E-state index in [2.05, 4.69) is 38.9 Å². The molecule has 1 fully saturated rings. The van der Waals surface area contributed by atoms with Gasteiger partial charge in [-0.05, 0) is 49.6 Å². The lowest BCUT2D eigenvalue weighted by Gasteiger charge is -2.37. The van der Waals surface area contributed by atoms with E-state index >= 15 is 0 Å². The van der Waals surface area contributed by atoms with Crippen molar-refractivity contribution in [1.29, 1.82) is 0 Å². The highest BCUT2D eigenvalue weighted by molar-refractivity contribution is 5.29. The first-order valence-corrected chi connectivity index (χ1v) is 8.61. The van der Waals surface area contributed by atoms with Crippen molar-refractivity contribution in [2.75, 3.05) is 38.7 Å². The second-order valence-electron chi connectivity index (χ2n) is 6.35. The predicted molar refractivity (Wildman–Crippen MR) is 96.6 cm³/mol. The largest absolute Gasteiger partial charge is 0.497 e. The lowest BCUT2D eigenvalue weighted by atomic mass is 10.0. The second kappa shape index (κ2) is 8.11. The maximum absolute atomic E-state index is 5.22. The smallest absolute Gasteiger partial charge is 0.225 e. The standard InChI is InChI=1S/C19H26N4O/c1-22(19-20-11-4-12-21-19)17-5-3-13-23(15-17)14-10-16-6-8-18(24-2)9-7-16/h4,6-9,11-12,17H,3,5,10,13-15H2,1-2H3. The van der Waals surface area contributed by atoms with Gasteiger partial charge in [0.2, 0.25) is 5.95 Å². The number of rotatable bonds is 6. The van der Waals surface area contributed by atoms with Crippen LogP contribution < -0.4 is 9.64 Å². The van der Waals surface area contributed by atoms with E-state index in [9.17, 15) is 0 Å². The minimum absolute atomic E-state index is 0.483. The number of ether oxygens (including phenoxy) is 1. The Bertz CT molecular complexity index is 617. The summed E-state index contributed by atoms with van der Waals surface area (Å²) in [5, 5.41) is 0. The molecule has 0 N–H and O–H groups in total. The van der Waals surface area contributed by atoms with Crippen LogP contribution in [0.2, 0.25) is 0 Å². The van der Waals surface area contributed by atoms with Crippen molar-refractivity contribution in [2.24, 2.45) is 0 Å². The summed E-state index contributed by atoms with van der Waals surface area (Å²) >= 11 is 0. The Morgan fingerprint density at radius 1 is 1.21 bits per heavy atom. The third-order valence-corrected chi connectivity index (χ3v) is 4.77. The molecule has 5 heteroatoms. The van der Waals surface area contributed by atoms with E-state index in [1.165, 1.54) is 24.9 Å². The first-order chi connectivity index (χ1) is 11.8. The van der Waals surface area contributed by atoms with Crippen molar-refractivity contribution in [2.45, 2.75) is 25.3 Å². The number of methoxy groups -OCH3 is 1. The molecule has 0 spiro atoms. The highest BCUT2D eigenvalue weighted by atomic mass is 16.5. The lowest BCUT2D eigenvalue weighted by molar-refractivity contribution is 0.208. The zero-order chi connectivity index (χ0) is 16.8. The maximum atomic E-state index is 5.22. The quantitative estimate of drug-likeness (QED) is 0.816. The van der Waals surface area contributed by atoms with Gasteiger partial charge >= 0.3 is 0 Å². The number of hydrogen-bond donors (Lipinski definition) is 0. The van der Waals surface area contributed by atoms with E-state index in [0.717, 1.165) is 31.2 Å². The summed E-state index contributed by atoms with van der Waals surface area (Å²) in [5.74, 6) is 1.74. The first kappa shape index (κ1) is 16.7. The number of benzene rings is 1. The molecule has 0 amide bonds. The van der Waals surface area contributed by atoms with Gasteiger partial charge in [-0.3, -0.25) is 0 Å². The van der Waals surface area contributed by atoms with Crippen molar-refractivity contribution >= 4 is 5.95 Å². The van der Waals surface area contributed by atoms with Crippen LogP contribution in [0.3, 0.4) is 0 Å². The third kappa shape index (κ3) is 4.23. The van der Waals surface area contributed by atoms with Crippen molar-refractivity contribution in [3.05, 3.63) is 48.3 Å². The van der Waals surface area contributed by atoms with Crippen LogP contribution in [0.15, 0.2) is 42.7 Å². The molecular weight excluding hydrogens is 300 g/mol. The molecule has 1 atom stereocenters. The molecule has 1 saturated heterocycles. The molecule has 0 aliphatic carbocycles. The van der Waals surface area contributed by atoms with Gasteiger partial charge in [-0.15, -0.1) is 0 Å². The fourth-order valence-electron chi connectivity index (χ4n) is 3.27. The highest BCUT2D eigenvalue weighted by Crippen LogP contribution is 2.19. The van der Waals surface area contributed by atoms with Crippen LogP contribution in [0, 0.1) is 0 Å². The van der Waals surface area contributed by atoms with Gasteiger partial charge in [0.25, 0.3) is 0 Å². The Labute approximate surface area is 144 Å². The minimum Gasteiger partial charge on any atom is -0.497 e. The molecule has 1 aliphatic heterocycles. The third-order valence-electron chi connectivity index (χ3n) is 4.77. The van der Waals surface area contributed by atoms with Crippen LogP contribution in [-0.4, -0.2) is 54.7 Å². The summed E-state index contributed by atoms with van der Waals surface area (Å²) in [7, 11) is 3.81. The summed E-state index contributed by atoms with van der Waals surface area (Å²) in [6.45, 7) is 3.34. The molecule has 1 aromatic carbocycles. The van der Waals surface area contributed by atoms with Crippen LogP contribution in [0.25, 0.3) is 0 Å². The van der Waals surface area contributed by atoms with E-state index in [0.29, 0.717) is 6.04 Å². The second-order valence-corrected chi connectivity index (χ2v) is 6.35. The number of nitrogens with zero attached hydrogens (tertiary/aromatic N) is 4. The van der Waals surface area contributed by atoms with E-state index in [1.54, 1.807) is 7.11 Å². The number of likely N-dealkylation sites (N-methyl/N-ethyl adjacent to an activating group) is 1. The molecule has 0 bridgehead atoms. The molecule has 1 aromatic heterocycles. The number of likely N-dealkylation sites (tertiary alicyclic amines) is 1. The Morgan fingerprint density at radius 3 is 2.67 bits per heavy atom. The Kier molecular flexibility index (Phi) is 5.64. The van der Waals surface area contributed by atoms with E-state index in [4.69, 9.17) is 4.74 Å².